The van der Waals surface area contributed by atoms with E-state index in [0.29, 0.717) is 49.9 Å². The van der Waals surface area contributed by atoms with Crippen LogP contribution in [0.5, 0.6) is 5.75 Å². The second kappa shape index (κ2) is 8.68. The fraction of sp³-hybridized carbons (Fsp3) is 0.304. The third kappa shape index (κ3) is 4.05. The highest BCUT2D eigenvalue weighted by molar-refractivity contribution is 6.37. The first kappa shape index (κ1) is 21.7. The molecule has 1 aromatic carbocycles. The molecule has 0 spiro atoms. The molecular weight excluding hydrogens is 467 g/mol. The standard InChI is InChI=1S/C23H20Cl2N4O4/c1-12-20-22(28-33-12)21-16(24)3-2-4-17(21)29(23(20)31)14-6-5-13(9-14)27-19(30)11-32-15-7-8-26-18(25)10-15/h2-4,7-8,10,13-14H,5-6,9,11H2,1H3,(H,27,30). The molecule has 3 heterocycles. The van der Waals surface area contributed by atoms with E-state index in [-0.39, 0.29) is 30.2 Å². The Bertz CT molecular complexity index is 1430. The van der Waals surface area contributed by atoms with Crippen molar-refractivity contribution in [2.75, 3.05) is 6.61 Å². The van der Waals surface area contributed by atoms with Crippen LogP contribution >= 0.6 is 23.2 Å². The molecule has 0 bridgehead atoms. The molecule has 1 aliphatic carbocycles. The van der Waals surface area contributed by atoms with Crippen LogP contribution in [0.4, 0.5) is 0 Å². The lowest BCUT2D eigenvalue weighted by molar-refractivity contribution is -0.123. The molecule has 33 heavy (non-hydrogen) atoms. The Morgan fingerprint density at radius 2 is 2.12 bits per heavy atom. The Morgan fingerprint density at radius 3 is 2.94 bits per heavy atom. The fourth-order valence-corrected chi connectivity index (χ4v) is 4.97. The second-order valence-corrected chi connectivity index (χ2v) is 8.90. The Hall–Kier alpha value is -3.10. The van der Waals surface area contributed by atoms with Crippen LogP contribution in [0.25, 0.3) is 21.8 Å². The van der Waals surface area contributed by atoms with Gasteiger partial charge in [0.2, 0.25) is 0 Å². The molecule has 0 saturated heterocycles. The largest absolute Gasteiger partial charge is 0.484 e. The molecule has 1 aliphatic rings. The van der Waals surface area contributed by atoms with Crippen molar-refractivity contribution in [3.05, 3.63) is 62.8 Å². The Labute approximate surface area is 198 Å². The summed E-state index contributed by atoms with van der Waals surface area (Å²) >= 11 is 12.3. The van der Waals surface area contributed by atoms with Gasteiger partial charge >= 0.3 is 0 Å². The number of halogens is 2. The zero-order chi connectivity index (χ0) is 23.1. The summed E-state index contributed by atoms with van der Waals surface area (Å²) in [5, 5.41) is 9.03. The molecule has 1 fully saturated rings. The van der Waals surface area contributed by atoms with Crippen LogP contribution < -0.4 is 15.6 Å². The smallest absolute Gasteiger partial charge is 0.264 e. The number of amides is 1. The van der Waals surface area contributed by atoms with E-state index in [2.05, 4.69) is 15.5 Å². The monoisotopic (exact) mass is 486 g/mol. The van der Waals surface area contributed by atoms with Crippen LogP contribution in [-0.4, -0.2) is 33.3 Å². The number of ether oxygens (including phenoxy) is 1. The quantitative estimate of drug-likeness (QED) is 0.418. The third-order valence-corrected chi connectivity index (χ3v) is 6.51. The predicted molar refractivity (Wildman–Crippen MR) is 125 cm³/mol. The summed E-state index contributed by atoms with van der Waals surface area (Å²) in [4.78, 5) is 29.7. The van der Waals surface area contributed by atoms with E-state index < -0.39 is 0 Å². The van der Waals surface area contributed by atoms with Crippen molar-refractivity contribution in [2.45, 2.75) is 38.3 Å². The fourth-order valence-electron chi connectivity index (χ4n) is 4.55. The first-order valence-electron chi connectivity index (χ1n) is 10.5. The van der Waals surface area contributed by atoms with Gasteiger partial charge < -0.3 is 19.1 Å². The molecule has 10 heteroatoms. The number of pyridine rings is 2. The number of rotatable bonds is 5. The average molecular weight is 487 g/mol. The number of benzene rings is 1. The maximum absolute atomic E-state index is 13.4. The molecule has 0 radical (unpaired) electrons. The molecule has 0 aliphatic heterocycles. The van der Waals surface area contributed by atoms with Crippen molar-refractivity contribution in [2.24, 2.45) is 0 Å². The van der Waals surface area contributed by atoms with Gasteiger partial charge in [0.05, 0.1) is 10.5 Å². The highest BCUT2D eigenvalue weighted by Crippen LogP contribution is 2.36. The van der Waals surface area contributed by atoms with Crippen LogP contribution in [0.15, 0.2) is 45.8 Å². The number of hydrogen-bond donors (Lipinski definition) is 1. The number of aryl methyl sites for hydroxylation is 1. The summed E-state index contributed by atoms with van der Waals surface area (Å²) in [5.74, 6) is 0.697. The zero-order valence-corrected chi connectivity index (χ0v) is 19.2. The summed E-state index contributed by atoms with van der Waals surface area (Å²) in [7, 11) is 0. The van der Waals surface area contributed by atoms with E-state index in [1.165, 1.54) is 6.20 Å². The molecule has 4 aromatic rings. The number of carbonyl (C=O) groups excluding carboxylic acids is 1. The number of carbonyl (C=O) groups is 1. The minimum absolute atomic E-state index is 0.0764. The van der Waals surface area contributed by atoms with Gasteiger partial charge in [0.1, 0.15) is 27.6 Å². The molecule has 170 valence electrons. The van der Waals surface area contributed by atoms with Gasteiger partial charge in [0.25, 0.3) is 11.5 Å². The Morgan fingerprint density at radius 1 is 1.27 bits per heavy atom. The van der Waals surface area contributed by atoms with Gasteiger partial charge in [-0.3, -0.25) is 9.59 Å². The molecule has 1 N–H and O–H groups in total. The summed E-state index contributed by atoms with van der Waals surface area (Å²) in [6, 6.07) is 8.47. The minimum atomic E-state index is -0.237. The van der Waals surface area contributed by atoms with Crippen LogP contribution in [0.3, 0.4) is 0 Å². The Kier molecular flexibility index (Phi) is 5.72. The zero-order valence-electron chi connectivity index (χ0n) is 17.7. The van der Waals surface area contributed by atoms with Crippen LogP contribution in [0.2, 0.25) is 10.2 Å². The van der Waals surface area contributed by atoms with Crippen molar-refractivity contribution in [3.63, 3.8) is 0 Å². The molecule has 8 nitrogen and oxygen atoms in total. The molecule has 2 unspecified atom stereocenters. The van der Waals surface area contributed by atoms with E-state index in [4.69, 9.17) is 32.5 Å². The lowest BCUT2D eigenvalue weighted by atomic mass is 10.1. The number of fused-ring (bicyclic) bond motifs is 3. The summed E-state index contributed by atoms with van der Waals surface area (Å²) < 4.78 is 12.6. The number of nitrogens with one attached hydrogen (secondary N) is 1. The summed E-state index contributed by atoms with van der Waals surface area (Å²) in [5.41, 5.74) is 1.03. The van der Waals surface area contributed by atoms with Crippen molar-refractivity contribution >= 4 is 50.9 Å². The van der Waals surface area contributed by atoms with Gasteiger partial charge in [-0.25, -0.2) is 4.98 Å². The van der Waals surface area contributed by atoms with Crippen LogP contribution in [-0.2, 0) is 4.79 Å². The molecule has 2 atom stereocenters. The average Bonchev–Trinajstić information content (AvgIpc) is 3.39. The lowest BCUT2D eigenvalue weighted by Gasteiger charge is -2.19. The van der Waals surface area contributed by atoms with E-state index >= 15 is 0 Å². The second-order valence-electron chi connectivity index (χ2n) is 8.11. The van der Waals surface area contributed by atoms with E-state index in [0.717, 1.165) is 12.8 Å². The number of nitrogens with zero attached hydrogens (tertiary/aromatic N) is 3. The van der Waals surface area contributed by atoms with Crippen molar-refractivity contribution in [3.8, 4) is 5.75 Å². The van der Waals surface area contributed by atoms with E-state index in [1.54, 1.807) is 29.7 Å². The SMILES string of the molecule is Cc1onc2c1c(=O)n(C1CCC(NC(=O)COc3ccnc(Cl)c3)C1)c1cccc(Cl)c21. The predicted octanol–water partition coefficient (Wildman–Crippen LogP) is 4.44. The van der Waals surface area contributed by atoms with Gasteiger partial charge in [-0.15, -0.1) is 0 Å². The minimum Gasteiger partial charge on any atom is -0.484 e. The summed E-state index contributed by atoms with van der Waals surface area (Å²) in [6.45, 7) is 1.59. The van der Waals surface area contributed by atoms with Gasteiger partial charge in [-0.1, -0.05) is 34.4 Å². The van der Waals surface area contributed by atoms with E-state index in [1.807, 2.05) is 12.1 Å². The van der Waals surface area contributed by atoms with Crippen molar-refractivity contribution in [1.29, 1.82) is 0 Å². The van der Waals surface area contributed by atoms with Gasteiger partial charge in [0.15, 0.2) is 6.61 Å². The maximum Gasteiger partial charge on any atom is 0.264 e. The van der Waals surface area contributed by atoms with E-state index in [9.17, 15) is 9.59 Å². The van der Waals surface area contributed by atoms with Crippen LogP contribution in [0, 0.1) is 6.92 Å². The van der Waals surface area contributed by atoms with Crippen molar-refractivity contribution < 1.29 is 14.1 Å². The summed E-state index contributed by atoms with van der Waals surface area (Å²) in [6.07, 6.45) is 3.61. The van der Waals surface area contributed by atoms with Gasteiger partial charge in [-0.2, -0.15) is 0 Å². The molecule has 1 amide bonds. The molecule has 3 aromatic heterocycles. The molecule has 1 saturated carbocycles. The molecule has 5 rings (SSSR count). The lowest BCUT2D eigenvalue weighted by Crippen LogP contribution is -2.36. The molecular formula is C23H20Cl2N4O4. The van der Waals surface area contributed by atoms with Crippen LogP contribution in [0.1, 0.15) is 31.1 Å². The highest BCUT2D eigenvalue weighted by Gasteiger charge is 2.30. The topological polar surface area (TPSA) is 99.2 Å². The van der Waals surface area contributed by atoms with Gasteiger partial charge in [-0.05, 0) is 44.4 Å². The normalized spacial score (nSPS) is 18.2. The first-order valence-corrected chi connectivity index (χ1v) is 11.3. The first-order chi connectivity index (χ1) is 15.9. The van der Waals surface area contributed by atoms with Gasteiger partial charge in [0, 0.05) is 29.7 Å². The Balaban J connectivity index is 1.37. The maximum atomic E-state index is 13.4. The number of hydrogen-bond acceptors (Lipinski definition) is 6. The number of aromatic nitrogens is 3. The van der Waals surface area contributed by atoms with Crippen molar-refractivity contribution in [1.82, 2.24) is 20.0 Å². The highest BCUT2D eigenvalue weighted by atomic mass is 35.5. The third-order valence-electron chi connectivity index (χ3n) is 5.99.